The number of hydrogen-bond acceptors (Lipinski definition) is 6. The highest BCUT2D eigenvalue weighted by molar-refractivity contribution is 6.13. The molecule has 1 aromatic carbocycles. The minimum Gasteiger partial charge on any atom is -0.508 e. The Bertz CT molecular complexity index is 955. The second-order valence-corrected chi connectivity index (χ2v) is 5.37. The predicted octanol–water partition coefficient (Wildman–Crippen LogP) is 2.43. The van der Waals surface area contributed by atoms with E-state index in [0.717, 1.165) is 5.56 Å². The summed E-state index contributed by atoms with van der Waals surface area (Å²) in [5, 5.41) is 10.9. The van der Waals surface area contributed by atoms with E-state index in [2.05, 4.69) is 20.4 Å². The summed E-state index contributed by atoms with van der Waals surface area (Å²) in [7, 11) is 0. The first-order valence-electron chi connectivity index (χ1n) is 7.55. The van der Waals surface area contributed by atoms with Gasteiger partial charge in [0.25, 0.3) is 5.91 Å². The zero-order valence-corrected chi connectivity index (χ0v) is 13.0. The first kappa shape index (κ1) is 14.8. The van der Waals surface area contributed by atoms with Gasteiger partial charge in [-0.2, -0.15) is 0 Å². The molecule has 0 bridgehead atoms. The summed E-state index contributed by atoms with van der Waals surface area (Å²) in [5.41, 5.74) is 5.40. The average Bonchev–Trinajstić information content (AvgIpc) is 2.68. The lowest BCUT2D eigenvalue weighted by Gasteiger charge is -2.29. The Morgan fingerprint density at radius 3 is 2.56 bits per heavy atom. The minimum absolute atomic E-state index is 0.158. The molecule has 0 spiro atoms. The van der Waals surface area contributed by atoms with Crippen LogP contribution in [0.3, 0.4) is 0 Å². The van der Waals surface area contributed by atoms with Crippen LogP contribution in [0.4, 0.5) is 11.4 Å². The zero-order valence-electron chi connectivity index (χ0n) is 13.0. The highest BCUT2D eigenvalue weighted by Crippen LogP contribution is 2.31. The number of carbonyl (C=O) groups is 1. The van der Waals surface area contributed by atoms with Crippen molar-refractivity contribution in [2.24, 2.45) is 4.99 Å². The number of hydrazine groups is 1. The lowest BCUT2D eigenvalue weighted by molar-refractivity contribution is 0.0980. The number of carbonyl (C=O) groups excluding carboxylic acids is 1. The second-order valence-electron chi connectivity index (χ2n) is 5.37. The van der Waals surface area contributed by atoms with Gasteiger partial charge in [-0.3, -0.25) is 20.2 Å². The number of amidine groups is 1. The van der Waals surface area contributed by atoms with Gasteiger partial charge in [-0.1, -0.05) is 0 Å². The van der Waals surface area contributed by atoms with E-state index < -0.39 is 0 Å². The summed E-state index contributed by atoms with van der Waals surface area (Å²) in [6.45, 7) is 0. The maximum absolute atomic E-state index is 12.9. The molecule has 4 rings (SSSR count). The molecular formula is C18H13N5O2. The molecule has 3 aromatic rings. The molecule has 0 radical (unpaired) electrons. The molecule has 1 aliphatic heterocycles. The fourth-order valence-corrected chi connectivity index (χ4v) is 2.49. The summed E-state index contributed by atoms with van der Waals surface area (Å²) in [5.74, 6) is 0.384. The van der Waals surface area contributed by atoms with Crippen LogP contribution in [-0.2, 0) is 0 Å². The SMILES string of the molecule is O=C(c1cccnc1)N1NC(c2ccc(O)cc2)=Nc2cnccc21. The Labute approximate surface area is 143 Å². The van der Waals surface area contributed by atoms with Gasteiger partial charge in [-0.05, 0) is 42.5 Å². The van der Waals surface area contributed by atoms with Gasteiger partial charge in [-0.25, -0.2) is 10.0 Å². The highest BCUT2D eigenvalue weighted by Gasteiger charge is 2.26. The van der Waals surface area contributed by atoms with E-state index in [-0.39, 0.29) is 11.7 Å². The van der Waals surface area contributed by atoms with Gasteiger partial charge in [0.15, 0.2) is 5.84 Å². The zero-order chi connectivity index (χ0) is 17.2. The van der Waals surface area contributed by atoms with Gasteiger partial charge < -0.3 is 5.11 Å². The summed E-state index contributed by atoms with van der Waals surface area (Å²) >= 11 is 0. The quantitative estimate of drug-likeness (QED) is 0.752. The number of anilines is 1. The van der Waals surface area contributed by atoms with Crippen molar-refractivity contribution in [1.82, 2.24) is 15.4 Å². The molecule has 2 aromatic heterocycles. The molecule has 7 nitrogen and oxygen atoms in total. The first-order valence-corrected chi connectivity index (χ1v) is 7.55. The Hall–Kier alpha value is -3.74. The molecule has 1 aliphatic rings. The number of amides is 1. The summed E-state index contributed by atoms with van der Waals surface area (Å²) in [6, 6.07) is 11.7. The van der Waals surface area contributed by atoms with E-state index >= 15 is 0 Å². The number of nitrogens with one attached hydrogen (secondary N) is 1. The van der Waals surface area contributed by atoms with Crippen molar-refractivity contribution in [3.05, 3.63) is 78.4 Å². The van der Waals surface area contributed by atoms with Crippen LogP contribution in [0.15, 0.2) is 72.2 Å². The predicted molar refractivity (Wildman–Crippen MR) is 92.7 cm³/mol. The minimum atomic E-state index is -0.258. The molecule has 0 atom stereocenters. The van der Waals surface area contributed by atoms with E-state index in [1.54, 1.807) is 61.1 Å². The van der Waals surface area contributed by atoms with Crippen LogP contribution in [0.1, 0.15) is 15.9 Å². The van der Waals surface area contributed by atoms with Crippen LogP contribution in [0.25, 0.3) is 0 Å². The summed E-state index contributed by atoms with van der Waals surface area (Å²) in [6.07, 6.45) is 6.32. The van der Waals surface area contributed by atoms with Gasteiger partial charge in [0.1, 0.15) is 11.4 Å². The van der Waals surface area contributed by atoms with E-state index in [4.69, 9.17) is 0 Å². The molecule has 122 valence electrons. The van der Waals surface area contributed by atoms with Crippen molar-refractivity contribution in [1.29, 1.82) is 0 Å². The van der Waals surface area contributed by atoms with Gasteiger partial charge in [-0.15, -0.1) is 0 Å². The molecule has 25 heavy (non-hydrogen) atoms. The third-order valence-corrected chi connectivity index (χ3v) is 3.72. The Balaban J connectivity index is 1.77. The number of phenols is 1. The maximum atomic E-state index is 12.9. The molecular weight excluding hydrogens is 318 g/mol. The number of aliphatic imine (C=N–C) groups is 1. The van der Waals surface area contributed by atoms with Crippen LogP contribution in [0.5, 0.6) is 5.75 Å². The van der Waals surface area contributed by atoms with Crippen molar-refractivity contribution in [2.75, 3.05) is 5.01 Å². The van der Waals surface area contributed by atoms with Crippen molar-refractivity contribution in [3.8, 4) is 5.75 Å². The Morgan fingerprint density at radius 1 is 1.00 bits per heavy atom. The van der Waals surface area contributed by atoms with Crippen molar-refractivity contribution in [2.45, 2.75) is 0 Å². The lowest BCUT2D eigenvalue weighted by Crippen LogP contribution is -2.48. The van der Waals surface area contributed by atoms with Gasteiger partial charge >= 0.3 is 0 Å². The van der Waals surface area contributed by atoms with Gasteiger partial charge in [0.2, 0.25) is 0 Å². The number of fused-ring (bicyclic) bond motifs is 1. The number of nitrogens with zero attached hydrogens (tertiary/aromatic N) is 4. The number of rotatable bonds is 2. The topological polar surface area (TPSA) is 90.7 Å². The largest absolute Gasteiger partial charge is 0.508 e. The van der Waals surface area contributed by atoms with E-state index in [1.165, 1.54) is 11.2 Å². The molecule has 0 aliphatic carbocycles. The second kappa shape index (κ2) is 6.04. The van der Waals surface area contributed by atoms with Crippen molar-refractivity contribution in [3.63, 3.8) is 0 Å². The van der Waals surface area contributed by atoms with E-state index in [9.17, 15) is 9.90 Å². The number of aromatic hydroxyl groups is 1. The summed E-state index contributed by atoms with van der Waals surface area (Å²) in [4.78, 5) is 25.5. The molecule has 7 heteroatoms. The van der Waals surface area contributed by atoms with Crippen molar-refractivity contribution < 1.29 is 9.90 Å². The molecule has 0 saturated carbocycles. The number of aromatic nitrogens is 2. The molecule has 0 saturated heterocycles. The van der Waals surface area contributed by atoms with Crippen molar-refractivity contribution >= 4 is 23.1 Å². The molecule has 3 heterocycles. The van der Waals surface area contributed by atoms with Crippen LogP contribution >= 0.6 is 0 Å². The molecule has 0 unspecified atom stereocenters. The third-order valence-electron chi connectivity index (χ3n) is 3.72. The summed E-state index contributed by atoms with van der Waals surface area (Å²) < 4.78 is 0. The van der Waals surface area contributed by atoms with Crippen LogP contribution in [-0.4, -0.2) is 26.8 Å². The van der Waals surface area contributed by atoms with Gasteiger partial charge in [0.05, 0.1) is 17.4 Å². The number of phenolic OH excluding ortho intramolecular Hbond substituents is 1. The fourth-order valence-electron chi connectivity index (χ4n) is 2.49. The number of pyridine rings is 2. The Kier molecular flexibility index (Phi) is 3.59. The van der Waals surface area contributed by atoms with E-state index in [1.807, 2.05) is 0 Å². The van der Waals surface area contributed by atoms with Gasteiger partial charge in [0, 0.05) is 24.2 Å². The van der Waals surface area contributed by atoms with Crippen LogP contribution < -0.4 is 10.4 Å². The lowest BCUT2D eigenvalue weighted by atomic mass is 10.1. The monoisotopic (exact) mass is 331 g/mol. The smallest absolute Gasteiger partial charge is 0.278 e. The van der Waals surface area contributed by atoms with Crippen LogP contribution in [0.2, 0.25) is 0 Å². The fraction of sp³-hybridized carbons (Fsp3) is 0. The molecule has 2 N–H and O–H groups in total. The number of benzene rings is 1. The molecule has 0 fully saturated rings. The molecule has 1 amide bonds. The highest BCUT2D eigenvalue weighted by atomic mass is 16.3. The first-order chi connectivity index (χ1) is 12.2. The Morgan fingerprint density at radius 2 is 1.80 bits per heavy atom. The number of hydrogen-bond donors (Lipinski definition) is 2. The third kappa shape index (κ3) is 2.78. The van der Waals surface area contributed by atoms with Crippen LogP contribution in [0, 0.1) is 0 Å². The average molecular weight is 331 g/mol. The normalized spacial score (nSPS) is 12.8. The standard InChI is InChI=1S/C18H13N5O2/c24-14-5-3-12(4-6-14)17-21-15-11-20-9-7-16(15)23(22-17)18(25)13-2-1-8-19-10-13/h1-11,24H,(H,21,22). The maximum Gasteiger partial charge on any atom is 0.278 e. The van der Waals surface area contributed by atoms with E-state index in [0.29, 0.717) is 22.8 Å².